The summed E-state index contributed by atoms with van der Waals surface area (Å²) in [6.07, 6.45) is 4.45. The highest BCUT2D eigenvalue weighted by Crippen LogP contribution is 2.19. The molecular weight excluding hydrogens is 262 g/mol. The number of carbonyl (C=O) groups excluding carboxylic acids is 1. The summed E-state index contributed by atoms with van der Waals surface area (Å²) in [6.45, 7) is 6.18. The first kappa shape index (κ1) is 15.6. The van der Waals surface area contributed by atoms with Crippen molar-refractivity contribution in [2.75, 3.05) is 0 Å². The van der Waals surface area contributed by atoms with E-state index in [1.165, 1.54) is 0 Å². The molecule has 1 atom stereocenters. The monoisotopic (exact) mass is 287 g/mol. The number of carbonyl (C=O) groups is 1. The molecule has 2 rings (SSSR count). The molecule has 4 N–H and O–H groups in total. The second-order valence-corrected chi connectivity index (χ2v) is 6.29. The zero-order chi connectivity index (χ0) is 15.5. The highest BCUT2D eigenvalue weighted by atomic mass is 16.2. The summed E-state index contributed by atoms with van der Waals surface area (Å²) in [5.74, 6) is -0.0845. The van der Waals surface area contributed by atoms with Crippen molar-refractivity contribution in [2.45, 2.75) is 51.6 Å². The molecule has 114 valence electrons. The van der Waals surface area contributed by atoms with Crippen LogP contribution < -0.4 is 11.1 Å². The molecule has 2 aromatic rings. The van der Waals surface area contributed by atoms with Crippen molar-refractivity contribution in [3.05, 3.63) is 36.0 Å². The number of rotatable bonds is 6. The van der Waals surface area contributed by atoms with Crippen molar-refractivity contribution in [3.8, 4) is 0 Å². The number of hydrogen-bond donors (Lipinski definition) is 3. The van der Waals surface area contributed by atoms with Crippen LogP contribution in [0.4, 0.5) is 0 Å². The van der Waals surface area contributed by atoms with E-state index in [1.54, 1.807) is 0 Å². The van der Waals surface area contributed by atoms with Crippen LogP contribution in [0.2, 0.25) is 0 Å². The average molecular weight is 287 g/mol. The largest absolute Gasteiger partial charge is 0.361 e. The van der Waals surface area contributed by atoms with E-state index in [0.29, 0.717) is 6.42 Å². The molecule has 4 heteroatoms. The fraction of sp³-hybridized carbons (Fsp3) is 0.471. The molecule has 1 aromatic carbocycles. The Hall–Kier alpha value is -1.81. The zero-order valence-electron chi connectivity index (χ0n) is 13.1. The van der Waals surface area contributed by atoms with Crippen LogP contribution in [0.3, 0.4) is 0 Å². The van der Waals surface area contributed by atoms with E-state index in [-0.39, 0.29) is 11.4 Å². The smallest absolute Gasteiger partial charge is 0.237 e. The SMILES string of the molecule is CCCC(C)(C)NC(=O)[C@H](N)Cc1c[nH]c2ccccc12. The molecule has 0 aliphatic carbocycles. The maximum atomic E-state index is 12.2. The van der Waals surface area contributed by atoms with Crippen LogP contribution >= 0.6 is 0 Å². The quantitative estimate of drug-likeness (QED) is 0.764. The van der Waals surface area contributed by atoms with E-state index in [2.05, 4.69) is 17.2 Å². The second-order valence-electron chi connectivity index (χ2n) is 6.29. The Balaban J connectivity index is 2.04. The Labute approximate surface area is 126 Å². The summed E-state index contributed by atoms with van der Waals surface area (Å²) >= 11 is 0. The predicted molar refractivity (Wildman–Crippen MR) is 87.1 cm³/mol. The summed E-state index contributed by atoms with van der Waals surface area (Å²) < 4.78 is 0. The molecule has 0 saturated heterocycles. The summed E-state index contributed by atoms with van der Waals surface area (Å²) in [5, 5.41) is 4.18. The minimum atomic E-state index is -0.527. The van der Waals surface area contributed by atoms with Gasteiger partial charge >= 0.3 is 0 Å². The van der Waals surface area contributed by atoms with Crippen LogP contribution in [-0.4, -0.2) is 22.5 Å². The van der Waals surface area contributed by atoms with E-state index >= 15 is 0 Å². The zero-order valence-corrected chi connectivity index (χ0v) is 13.1. The molecule has 21 heavy (non-hydrogen) atoms. The minimum Gasteiger partial charge on any atom is -0.361 e. The third-order valence-corrected chi connectivity index (χ3v) is 3.79. The van der Waals surface area contributed by atoms with Gasteiger partial charge < -0.3 is 16.0 Å². The lowest BCUT2D eigenvalue weighted by atomic mass is 9.97. The molecule has 0 aliphatic heterocycles. The Morgan fingerprint density at radius 3 is 2.81 bits per heavy atom. The van der Waals surface area contributed by atoms with Crippen LogP contribution in [0.25, 0.3) is 10.9 Å². The molecule has 0 aliphatic rings. The van der Waals surface area contributed by atoms with E-state index in [9.17, 15) is 4.79 Å². The molecule has 1 heterocycles. The predicted octanol–water partition coefficient (Wildman–Crippen LogP) is 2.73. The number of nitrogens with two attached hydrogens (primary N) is 1. The van der Waals surface area contributed by atoms with Crippen molar-refractivity contribution in [2.24, 2.45) is 5.73 Å². The van der Waals surface area contributed by atoms with Crippen molar-refractivity contribution < 1.29 is 4.79 Å². The topological polar surface area (TPSA) is 70.9 Å². The number of aromatic nitrogens is 1. The molecule has 0 saturated carbocycles. The van der Waals surface area contributed by atoms with Gasteiger partial charge in [-0.1, -0.05) is 31.5 Å². The van der Waals surface area contributed by atoms with Gasteiger partial charge in [-0.05, 0) is 38.3 Å². The van der Waals surface area contributed by atoms with Gasteiger partial charge in [0.25, 0.3) is 0 Å². The minimum absolute atomic E-state index is 0.0845. The first-order chi connectivity index (χ1) is 9.93. The lowest BCUT2D eigenvalue weighted by Gasteiger charge is -2.27. The highest BCUT2D eigenvalue weighted by molar-refractivity contribution is 5.86. The van der Waals surface area contributed by atoms with Gasteiger partial charge in [-0.3, -0.25) is 4.79 Å². The van der Waals surface area contributed by atoms with Gasteiger partial charge in [-0.2, -0.15) is 0 Å². The van der Waals surface area contributed by atoms with Crippen LogP contribution in [0.5, 0.6) is 0 Å². The van der Waals surface area contributed by atoms with E-state index in [0.717, 1.165) is 29.3 Å². The van der Waals surface area contributed by atoms with E-state index in [1.807, 2.05) is 44.3 Å². The molecule has 0 radical (unpaired) electrons. The first-order valence-corrected chi connectivity index (χ1v) is 7.55. The van der Waals surface area contributed by atoms with Gasteiger partial charge in [0.1, 0.15) is 0 Å². The van der Waals surface area contributed by atoms with E-state index < -0.39 is 6.04 Å². The molecule has 1 amide bonds. The number of amides is 1. The van der Waals surface area contributed by atoms with Crippen LogP contribution in [0, 0.1) is 0 Å². The standard InChI is InChI=1S/C17H25N3O/c1-4-9-17(2,3)20-16(21)14(18)10-12-11-19-15-8-6-5-7-13(12)15/h5-8,11,14,19H,4,9-10,18H2,1-3H3,(H,20,21)/t14-/m1/s1. The van der Waals surface area contributed by atoms with Gasteiger partial charge in [0.2, 0.25) is 5.91 Å². The second kappa shape index (κ2) is 6.31. The number of benzene rings is 1. The Kier molecular flexibility index (Phi) is 4.68. The van der Waals surface area contributed by atoms with Crippen molar-refractivity contribution in [3.63, 3.8) is 0 Å². The third kappa shape index (κ3) is 3.85. The Bertz CT molecular complexity index is 615. The first-order valence-electron chi connectivity index (χ1n) is 7.55. The molecular formula is C17H25N3O. The maximum absolute atomic E-state index is 12.2. The fourth-order valence-corrected chi connectivity index (χ4v) is 2.74. The summed E-state index contributed by atoms with van der Waals surface area (Å²) in [7, 11) is 0. The van der Waals surface area contributed by atoms with Crippen molar-refractivity contribution in [1.29, 1.82) is 0 Å². The van der Waals surface area contributed by atoms with Crippen molar-refractivity contribution >= 4 is 16.8 Å². The molecule has 4 nitrogen and oxygen atoms in total. The van der Waals surface area contributed by atoms with Crippen molar-refractivity contribution in [1.82, 2.24) is 10.3 Å². The number of para-hydroxylation sites is 1. The van der Waals surface area contributed by atoms with Crippen LogP contribution in [0.15, 0.2) is 30.5 Å². The fourth-order valence-electron chi connectivity index (χ4n) is 2.74. The maximum Gasteiger partial charge on any atom is 0.237 e. The molecule has 0 unspecified atom stereocenters. The number of fused-ring (bicyclic) bond motifs is 1. The summed E-state index contributed by atoms with van der Waals surface area (Å²) in [4.78, 5) is 15.5. The van der Waals surface area contributed by atoms with Gasteiger partial charge in [0.15, 0.2) is 0 Å². The number of hydrogen-bond acceptors (Lipinski definition) is 2. The summed E-state index contributed by atoms with van der Waals surface area (Å²) in [5.41, 5.74) is 8.03. The number of H-pyrrole nitrogens is 1. The van der Waals surface area contributed by atoms with Gasteiger partial charge in [-0.25, -0.2) is 0 Å². The Morgan fingerprint density at radius 2 is 2.10 bits per heavy atom. The summed E-state index contributed by atoms with van der Waals surface area (Å²) in [6, 6.07) is 7.53. The van der Waals surface area contributed by atoms with Gasteiger partial charge in [-0.15, -0.1) is 0 Å². The number of nitrogens with one attached hydrogen (secondary N) is 2. The third-order valence-electron chi connectivity index (χ3n) is 3.79. The lowest BCUT2D eigenvalue weighted by Crippen LogP contribution is -2.51. The van der Waals surface area contributed by atoms with Crippen LogP contribution in [0.1, 0.15) is 39.2 Å². The normalized spacial score (nSPS) is 13.3. The molecule has 1 aromatic heterocycles. The highest BCUT2D eigenvalue weighted by Gasteiger charge is 2.23. The molecule has 0 bridgehead atoms. The van der Waals surface area contributed by atoms with E-state index in [4.69, 9.17) is 5.73 Å². The van der Waals surface area contributed by atoms with Gasteiger partial charge in [0, 0.05) is 22.6 Å². The lowest BCUT2D eigenvalue weighted by molar-refractivity contribution is -0.124. The number of aromatic amines is 1. The van der Waals surface area contributed by atoms with Gasteiger partial charge in [0.05, 0.1) is 6.04 Å². The van der Waals surface area contributed by atoms with Crippen LogP contribution in [-0.2, 0) is 11.2 Å². The Morgan fingerprint density at radius 1 is 1.38 bits per heavy atom. The molecule has 0 fully saturated rings. The molecule has 0 spiro atoms. The average Bonchev–Trinajstić information content (AvgIpc) is 2.81.